The zero-order valence-corrected chi connectivity index (χ0v) is 16.1. The molecule has 26 heavy (non-hydrogen) atoms. The second kappa shape index (κ2) is 9.26. The SMILES string of the molecule is CCOC(=O)C(Cc1nccs1)C(=O)C1CCC(C2C=CC=CC2)CC1. The van der Waals surface area contributed by atoms with Crippen molar-refractivity contribution >= 4 is 23.1 Å². The molecule has 0 spiro atoms. The molecule has 1 aromatic heterocycles. The van der Waals surface area contributed by atoms with Gasteiger partial charge in [-0.1, -0.05) is 24.3 Å². The van der Waals surface area contributed by atoms with Crippen molar-refractivity contribution in [3.63, 3.8) is 0 Å². The van der Waals surface area contributed by atoms with Crippen LogP contribution in [0.25, 0.3) is 0 Å². The number of ketones is 1. The highest BCUT2D eigenvalue weighted by atomic mass is 32.1. The Balaban J connectivity index is 1.60. The van der Waals surface area contributed by atoms with Crippen LogP contribution in [0.3, 0.4) is 0 Å². The molecule has 0 aliphatic heterocycles. The van der Waals surface area contributed by atoms with E-state index in [4.69, 9.17) is 4.74 Å². The van der Waals surface area contributed by atoms with Gasteiger partial charge in [-0.15, -0.1) is 11.3 Å². The summed E-state index contributed by atoms with van der Waals surface area (Å²) in [6, 6.07) is 0. The maximum absolute atomic E-state index is 13.1. The van der Waals surface area contributed by atoms with E-state index in [0.717, 1.165) is 37.1 Å². The van der Waals surface area contributed by atoms with Crippen LogP contribution in [0.2, 0.25) is 0 Å². The number of nitrogens with zero attached hydrogens (tertiary/aromatic N) is 1. The molecule has 2 unspecified atom stereocenters. The zero-order valence-electron chi connectivity index (χ0n) is 15.3. The lowest BCUT2D eigenvalue weighted by molar-refractivity contribution is -0.153. The Morgan fingerprint density at radius 2 is 2.08 bits per heavy atom. The lowest BCUT2D eigenvalue weighted by Crippen LogP contribution is -2.35. The van der Waals surface area contributed by atoms with Crippen molar-refractivity contribution in [3.8, 4) is 0 Å². The Hall–Kier alpha value is -1.75. The number of ether oxygens (including phenoxy) is 1. The van der Waals surface area contributed by atoms with Crippen LogP contribution in [0.5, 0.6) is 0 Å². The summed E-state index contributed by atoms with van der Waals surface area (Å²) >= 11 is 1.48. The van der Waals surface area contributed by atoms with E-state index in [0.29, 0.717) is 24.9 Å². The van der Waals surface area contributed by atoms with Crippen LogP contribution < -0.4 is 0 Å². The molecule has 140 valence electrons. The Labute approximate surface area is 159 Å². The summed E-state index contributed by atoms with van der Waals surface area (Å²) in [5, 5.41) is 2.70. The minimum atomic E-state index is -0.708. The van der Waals surface area contributed by atoms with Crippen molar-refractivity contribution < 1.29 is 14.3 Å². The van der Waals surface area contributed by atoms with Gasteiger partial charge in [-0.3, -0.25) is 9.59 Å². The molecule has 0 saturated heterocycles. The van der Waals surface area contributed by atoms with Crippen molar-refractivity contribution in [2.75, 3.05) is 6.61 Å². The second-order valence-corrected chi connectivity index (χ2v) is 8.14. The number of esters is 1. The van der Waals surface area contributed by atoms with Gasteiger partial charge in [0.25, 0.3) is 0 Å². The molecular formula is C21H27NO3S. The predicted octanol–water partition coefficient (Wildman–Crippen LogP) is 4.37. The Kier molecular flexibility index (Phi) is 6.78. The molecule has 0 aromatic carbocycles. The fourth-order valence-corrected chi connectivity index (χ4v) is 4.80. The number of thiazole rings is 1. The van der Waals surface area contributed by atoms with Gasteiger partial charge in [0, 0.05) is 23.9 Å². The quantitative estimate of drug-likeness (QED) is 0.526. The number of allylic oxidation sites excluding steroid dienone is 4. The monoisotopic (exact) mass is 373 g/mol. The van der Waals surface area contributed by atoms with Gasteiger partial charge in [0.05, 0.1) is 11.6 Å². The Morgan fingerprint density at radius 3 is 2.69 bits per heavy atom. The highest BCUT2D eigenvalue weighted by molar-refractivity contribution is 7.09. The normalized spacial score (nSPS) is 26.4. The van der Waals surface area contributed by atoms with E-state index in [1.165, 1.54) is 11.3 Å². The van der Waals surface area contributed by atoms with E-state index in [9.17, 15) is 9.59 Å². The number of hydrogen-bond donors (Lipinski definition) is 0. The van der Waals surface area contributed by atoms with Crippen LogP contribution in [0.15, 0.2) is 35.9 Å². The molecule has 1 saturated carbocycles. The van der Waals surface area contributed by atoms with Crippen LogP contribution in [-0.2, 0) is 20.7 Å². The summed E-state index contributed by atoms with van der Waals surface area (Å²) in [5.41, 5.74) is 0. The van der Waals surface area contributed by atoms with E-state index in [-0.39, 0.29) is 11.7 Å². The predicted molar refractivity (Wildman–Crippen MR) is 103 cm³/mol. The minimum absolute atomic E-state index is 0.0243. The third kappa shape index (κ3) is 4.70. The minimum Gasteiger partial charge on any atom is -0.465 e. The molecule has 4 nitrogen and oxygen atoms in total. The van der Waals surface area contributed by atoms with Gasteiger partial charge in [-0.2, -0.15) is 0 Å². The Bertz CT molecular complexity index is 657. The number of aromatic nitrogens is 1. The van der Waals surface area contributed by atoms with Gasteiger partial charge in [0.2, 0.25) is 0 Å². The van der Waals surface area contributed by atoms with E-state index < -0.39 is 11.9 Å². The lowest BCUT2D eigenvalue weighted by Gasteiger charge is -2.33. The molecule has 1 fully saturated rings. The molecule has 0 amide bonds. The molecule has 0 radical (unpaired) electrons. The average Bonchev–Trinajstić information content (AvgIpc) is 3.20. The molecule has 2 atom stereocenters. The lowest BCUT2D eigenvalue weighted by atomic mass is 9.71. The van der Waals surface area contributed by atoms with Gasteiger partial charge in [-0.25, -0.2) is 4.98 Å². The molecule has 2 aliphatic rings. The largest absolute Gasteiger partial charge is 0.465 e. The number of rotatable bonds is 7. The molecule has 5 heteroatoms. The third-order valence-corrected chi connectivity index (χ3v) is 6.37. The number of Topliss-reactive ketones (excluding diaryl/α,β-unsaturated/α-hetero) is 1. The van der Waals surface area contributed by atoms with E-state index in [2.05, 4.69) is 29.3 Å². The molecule has 0 bridgehead atoms. The highest BCUT2D eigenvalue weighted by Crippen LogP contribution is 2.38. The molecule has 2 aliphatic carbocycles. The fraction of sp³-hybridized carbons (Fsp3) is 0.571. The molecule has 1 aromatic rings. The van der Waals surface area contributed by atoms with Crippen LogP contribution in [0.1, 0.15) is 44.0 Å². The van der Waals surface area contributed by atoms with Crippen molar-refractivity contribution in [1.29, 1.82) is 0 Å². The van der Waals surface area contributed by atoms with Crippen molar-refractivity contribution in [2.24, 2.45) is 23.7 Å². The van der Waals surface area contributed by atoms with Gasteiger partial charge in [-0.05, 0) is 50.9 Å². The first-order chi connectivity index (χ1) is 12.7. The van der Waals surface area contributed by atoms with E-state index in [1.807, 2.05) is 5.38 Å². The van der Waals surface area contributed by atoms with Crippen LogP contribution >= 0.6 is 11.3 Å². The third-order valence-electron chi connectivity index (χ3n) is 5.57. The summed E-state index contributed by atoms with van der Waals surface area (Å²) in [6.45, 7) is 2.08. The van der Waals surface area contributed by atoms with Crippen molar-refractivity contribution in [3.05, 3.63) is 40.9 Å². The summed E-state index contributed by atoms with van der Waals surface area (Å²) in [7, 11) is 0. The van der Waals surface area contributed by atoms with Gasteiger partial charge >= 0.3 is 5.97 Å². The zero-order chi connectivity index (χ0) is 18.4. The highest BCUT2D eigenvalue weighted by Gasteiger charge is 2.37. The summed E-state index contributed by atoms with van der Waals surface area (Å²) in [5.74, 6) is 0.183. The summed E-state index contributed by atoms with van der Waals surface area (Å²) in [6.07, 6.45) is 15.8. The van der Waals surface area contributed by atoms with Crippen molar-refractivity contribution in [2.45, 2.75) is 45.4 Å². The second-order valence-electron chi connectivity index (χ2n) is 7.16. The van der Waals surface area contributed by atoms with Gasteiger partial charge in [0.1, 0.15) is 5.92 Å². The molecule has 1 heterocycles. The summed E-state index contributed by atoms with van der Waals surface area (Å²) < 4.78 is 5.18. The maximum atomic E-state index is 13.1. The van der Waals surface area contributed by atoms with Crippen LogP contribution in [-0.4, -0.2) is 23.3 Å². The number of hydrogen-bond acceptors (Lipinski definition) is 5. The van der Waals surface area contributed by atoms with Crippen LogP contribution in [0.4, 0.5) is 0 Å². The molecule has 0 N–H and O–H groups in total. The van der Waals surface area contributed by atoms with Gasteiger partial charge < -0.3 is 4.74 Å². The Morgan fingerprint density at radius 1 is 1.27 bits per heavy atom. The average molecular weight is 374 g/mol. The summed E-state index contributed by atoms with van der Waals surface area (Å²) in [4.78, 5) is 29.7. The smallest absolute Gasteiger partial charge is 0.316 e. The van der Waals surface area contributed by atoms with E-state index in [1.54, 1.807) is 13.1 Å². The number of carbonyl (C=O) groups excluding carboxylic acids is 2. The molecular weight excluding hydrogens is 346 g/mol. The first-order valence-corrected chi connectivity index (χ1v) is 10.5. The van der Waals surface area contributed by atoms with E-state index >= 15 is 0 Å². The topological polar surface area (TPSA) is 56.3 Å². The maximum Gasteiger partial charge on any atom is 0.316 e. The standard InChI is InChI=1S/C21H27NO3S/c1-2-25-21(24)18(14-19-22-12-13-26-19)20(23)17-10-8-16(9-11-17)15-6-4-3-5-7-15/h3-6,12-13,15-18H,2,7-11,14H2,1H3. The molecule has 3 rings (SSSR count). The van der Waals surface area contributed by atoms with Crippen LogP contribution in [0, 0.1) is 23.7 Å². The first-order valence-electron chi connectivity index (χ1n) is 9.61. The number of carbonyl (C=O) groups is 2. The van der Waals surface area contributed by atoms with Gasteiger partial charge in [0.15, 0.2) is 5.78 Å². The fourth-order valence-electron chi connectivity index (χ4n) is 4.14. The van der Waals surface area contributed by atoms with Crippen molar-refractivity contribution in [1.82, 2.24) is 4.98 Å². The first kappa shape index (κ1) is 19.0.